The van der Waals surface area contributed by atoms with Crippen LogP contribution in [0.3, 0.4) is 0 Å². The van der Waals surface area contributed by atoms with E-state index in [2.05, 4.69) is 5.32 Å². The van der Waals surface area contributed by atoms with Gasteiger partial charge in [0.1, 0.15) is 0 Å². The van der Waals surface area contributed by atoms with Gasteiger partial charge in [-0.3, -0.25) is 0 Å². The lowest BCUT2D eigenvalue weighted by molar-refractivity contribution is 0.135. The number of ether oxygens (including phenoxy) is 1. The Morgan fingerprint density at radius 2 is 2.33 bits per heavy atom. The molecule has 1 amide bonds. The fourth-order valence-corrected chi connectivity index (χ4v) is 0.598. The first-order chi connectivity index (χ1) is 5.70. The first-order valence-corrected chi connectivity index (χ1v) is 4.24. The normalized spacial score (nSPS) is 12.2. The standard InChI is InChI=1S/C8H17NO3/c1-3-4-5-12-8(11)9-7(2)6-10/h7,10H,3-6H2,1-2H3,(H,9,11). The van der Waals surface area contributed by atoms with Crippen LogP contribution in [0.4, 0.5) is 4.79 Å². The zero-order chi connectivity index (χ0) is 9.40. The van der Waals surface area contributed by atoms with Crippen LogP contribution >= 0.6 is 0 Å². The first kappa shape index (κ1) is 11.2. The van der Waals surface area contributed by atoms with Crippen LogP contribution in [0.5, 0.6) is 0 Å². The van der Waals surface area contributed by atoms with Crippen LogP contribution in [0.1, 0.15) is 26.7 Å². The fourth-order valence-electron chi connectivity index (χ4n) is 0.598. The zero-order valence-electron chi connectivity index (χ0n) is 7.67. The summed E-state index contributed by atoms with van der Waals surface area (Å²) in [5.41, 5.74) is 0. The number of amides is 1. The number of alkyl carbamates (subject to hydrolysis) is 1. The third kappa shape index (κ3) is 5.97. The average Bonchev–Trinajstić information content (AvgIpc) is 2.05. The molecule has 1 unspecified atom stereocenters. The van der Waals surface area contributed by atoms with E-state index in [1.807, 2.05) is 6.92 Å². The highest BCUT2D eigenvalue weighted by atomic mass is 16.5. The van der Waals surface area contributed by atoms with Gasteiger partial charge in [-0.2, -0.15) is 0 Å². The molecule has 0 heterocycles. The number of unbranched alkanes of at least 4 members (excludes halogenated alkanes) is 1. The molecule has 0 aromatic rings. The van der Waals surface area contributed by atoms with Gasteiger partial charge < -0.3 is 15.2 Å². The second-order valence-electron chi connectivity index (χ2n) is 2.72. The molecule has 0 aliphatic rings. The molecule has 2 N–H and O–H groups in total. The molecule has 0 radical (unpaired) electrons. The van der Waals surface area contributed by atoms with E-state index in [9.17, 15) is 4.79 Å². The summed E-state index contributed by atoms with van der Waals surface area (Å²) >= 11 is 0. The molecule has 0 rings (SSSR count). The Balaban J connectivity index is 3.33. The highest BCUT2D eigenvalue weighted by molar-refractivity contribution is 5.67. The number of hydrogen-bond donors (Lipinski definition) is 2. The van der Waals surface area contributed by atoms with Gasteiger partial charge in [0.15, 0.2) is 0 Å². The van der Waals surface area contributed by atoms with E-state index in [0.29, 0.717) is 6.61 Å². The molecule has 0 aromatic carbocycles. The van der Waals surface area contributed by atoms with E-state index in [4.69, 9.17) is 9.84 Å². The molecule has 0 aromatic heterocycles. The second kappa shape index (κ2) is 6.91. The van der Waals surface area contributed by atoms with Gasteiger partial charge in [0.25, 0.3) is 0 Å². The van der Waals surface area contributed by atoms with Crippen molar-refractivity contribution in [3.8, 4) is 0 Å². The summed E-state index contributed by atoms with van der Waals surface area (Å²) in [5.74, 6) is 0. The molecule has 72 valence electrons. The molecule has 4 heteroatoms. The Morgan fingerprint density at radius 1 is 1.67 bits per heavy atom. The molecule has 0 aliphatic carbocycles. The lowest BCUT2D eigenvalue weighted by atomic mass is 10.4. The highest BCUT2D eigenvalue weighted by Gasteiger charge is 2.05. The lowest BCUT2D eigenvalue weighted by Crippen LogP contribution is -2.35. The predicted molar refractivity (Wildman–Crippen MR) is 45.9 cm³/mol. The maximum Gasteiger partial charge on any atom is 0.407 e. The van der Waals surface area contributed by atoms with Gasteiger partial charge in [0, 0.05) is 0 Å². The Labute approximate surface area is 72.9 Å². The lowest BCUT2D eigenvalue weighted by Gasteiger charge is -2.10. The Morgan fingerprint density at radius 3 is 2.83 bits per heavy atom. The summed E-state index contributed by atoms with van der Waals surface area (Å²) in [4.78, 5) is 10.8. The van der Waals surface area contributed by atoms with Gasteiger partial charge in [-0.15, -0.1) is 0 Å². The van der Waals surface area contributed by atoms with Gasteiger partial charge in [-0.25, -0.2) is 4.79 Å². The topological polar surface area (TPSA) is 58.6 Å². The third-order valence-corrected chi connectivity index (χ3v) is 1.37. The summed E-state index contributed by atoms with van der Waals surface area (Å²) < 4.78 is 4.79. The van der Waals surface area contributed by atoms with E-state index in [1.54, 1.807) is 6.92 Å². The van der Waals surface area contributed by atoms with Crippen molar-refractivity contribution in [2.45, 2.75) is 32.7 Å². The van der Waals surface area contributed by atoms with Crippen molar-refractivity contribution in [1.82, 2.24) is 5.32 Å². The number of carbonyl (C=O) groups excluding carboxylic acids is 1. The molecular formula is C8H17NO3. The van der Waals surface area contributed by atoms with Crippen LogP contribution in [0.2, 0.25) is 0 Å². The molecule has 0 saturated heterocycles. The van der Waals surface area contributed by atoms with Gasteiger partial charge in [-0.05, 0) is 13.3 Å². The van der Waals surface area contributed by atoms with E-state index >= 15 is 0 Å². The average molecular weight is 175 g/mol. The smallest absolute Gasteiger partial charge is 0.407 e. The number of hydrogen-bond acceptors (Lipinski definition) is 3. The molecule has 0 saturated carbocycles. The van der Waals surface area contributed by atoms with Crippen LogP contribution in [-0.4, -0.2) is 30.5 Å². The summed E-state index contributed by atoms with van der Waals surface area (Å²) in [5, 5.41) is 11.1. The van der Waals surface area contributed by atoms with Gasteiger partial charge in [0.2, 0.25) is 0 Å². The van der Waals surface area contributed by atoms with Crippen molar-refractivity contribution in [1.29, 1.82) is 0 Å². The number of carbonyl (C=O) groups is 1. The number of rotatable bonds is 5. The maximum atomic E-state index is 10.8. The zero-order valence-corrected chi connectivity index (χ0v) is 7.67. The third-order valence-electron chi connectivity index (χ3n) is 1.37. The van der Waals surface area contributed by atoms with Crippen molar-refractivity contribution in [2.75, 3.05) is 13.2 Å². The maximum absolute atomic E-state index is 10.8. The number of aliphatic hydroxyl groups is 1. The number of nitrogens with one attached hydrogen (secondary N) is 1. The summed E-state index contributed by atoms with van der Waals surface area (Å²) in [6.45, 7) is 4.11. The Bertz CT molecular complexity index is 127. The monoisotopic (exact) mass is 175 g/mol. The van der Waals surface area contributed by atoms with Crippen LogP contribution in [0.15, 0.2) is 0 Å². The minimum absolute atomic E-state index is 0.0666. The SMILES string of the molecule is CCCCOC(=O)NC(C)CO. The van der Waals surface area contributed by atoms with Gasteiger partial charge in [-0.1, -0.05) is 13.3 Å². The minimum atomic E-state index is -0.454. The minimum Gasteiger partial charge on any atom is -0.450 e. The molecule has 1 atom stereocenters. The Kier molecular flexibility index (Phi) is 6.47. The molecule has 0 fully saturated rings. The van der Waals surface area contributed by atoms with Crippen molar-refractivity contribution in [3.63, 3.8) is 0 Å². The fraction of sp³-hybridized carbons (Fsp3) is 0.875. The van der Waals surface area contributed by atoms with E-state index in [-0.39, 0.29) is 12.6 Å². The van der Waals surface area contributed by atoms with Gasteiger partial charge in [0.05, 0.1) is 19.3 Å². The van der Waals surface area contributed by atoms with Crippen molar-refractivity contribution >= 4 is 6.09 Å². The summed E-state index contributed by atoms with van der Waals surface area (Å²) in [6, 6.07) is -0.237. The number of aliphatic hydroxyl groups excluding tert-OH is 1. The summed E-state index contributed by atoms with van der Waals surface area (Å²) in [6.07, 6.45) is 1.43. The van der Waals surface area contributed by atoms with Crippen LogP contribution < -0.4 is 5.32 Å². The highest BCUT2D eigenvalue weighted by Crippen LogP contribution is 1.89. The van der Waals surface area contributed by atoms with Crippen molar-refractivity contribution < 1.29 is 14.6 Å². The van der Waals surface area contributed by atoms with Crippen molar-refractivity contribution in [3.05, 3.63) is 0 Å². The molecule has 0 bridgehead atoms. The molecule has 4 nitrogen and oxygen atoms in total. The van der Waals surface area contributed by atoms with Crippen LogP contribution in [-0.2, 0) is 4.74 Å². The first-order valence-electron chi connectivity index (χ1n) is 4.24. The molecule has 0 spiro atoms. The van der Waals surface area contributed by atoms with Crippen molar-refractivity contribution in [2.24, 2.45) is 0 Å². The molecule has 0 aliphatic heterocycles. The van der Waals surface area contributed by atoms with Crippen LogP contribution in [0, 0.1) is 0 Å². The largest absolute Gasteiger partial charge is 0.450 e. The van der Waals surface area contributed by atoms with Crippen LogP contribution in [0.25, 0.3) is 0 Å². The van der Waals surface area contributed by atoms with E-state index in [1.165, 1.54) is 0 Å². The van der Waals surface area contributed by atoms with E-state index in [0.717, 1.165) is 12.8 Å². The quantitative estimate of drug-likeness (QED) is 0.610. The van der Waals surface area contributed by atoms with Gasteiger partial charge >= 0.3 is 6.09 Å². The van der Waals surface area contributed by atoms with E-state index < -0.39 is 6.09 Å². The molecular weight excluding hydrogens is 158 g/mol. The Hall–Kier alpha value is -0.770. The second-order valence-corrected chi connectivity index (χ2v) is 2.72. The summed E-state index contributed by atoms with van der Waals surface area (Å²) in [7, 11) is 0. The molecule has 12 heavy (non-hydrogen) atoms. The predicted octanol–water partition coefficient (Wildman–Crippen LogP) is 0.893.